The van der Waals surface area contributed by atoms with Crippen LogP contribution in [0.15, 0.2) is 30.5 Å². The number of aromatic nitrogens is 3. The van der Waals surface area contributed by atoms with Crippen molar-refractivity contribution in [3.05, 3.63) is 41.8 Å². The Balaban J connectivity index is 1.52. The average molecular weight is 569 g/mol. The van der Waals surface area contributed by atoms with E-state index in [1.807, 2.05) is 11.6 Å². The van der Waals surface area contributed by atoms with Crippen molar-refractivity contribution in [1.82, 2.24) is 19.9 Å². The zero-order valence-electron chi connectivity index (χ0n) is 22.0. The Kier molecular flexibility index (Phi) is 8.60. The molecule has 2 aromatic heterocycles. The highest BCUT2D eigenvalue weighted by atomic mass is 32.2. The minimum Gasteiger partial charge on any atom is -0.351 e. The van der Waals surface area contributed by atoms with Crippen LogP contribution in [0.25, 0.3) is 22.3 Å². The first-order valence-corrected chi connectivity index (χ1v) is 14.5. The second-order valence-electron chi connectivity index (χ2n) is 10.0. The number of sulfonamides is 1. The van der Waals surface area contributed by atoms with E-state index in [0.717, 1.165) is 37.3 Å². The van der Waals surface area contributed by atoms with Gasteiger partial charge in [0, 0.05) is 17.6 Å². The number of halogens is 4. The van der Waals surface area contributed by atoms with Crippen molar-refractivity contribution in [2.24, 2.45) is 0 Å². The summed E-state index contributed by atoms with van der Waals surface area (Å²) in [6.07, 6.45) is 0.363. The summed E-state index contributed by atoms with van der Waals surface area (Å²) in [6.45, 7) is 1.97. The van der Waals surface area contributed by atoms with Gasteiger partial charge in [-0.1, -0.05) is 13.0 Å². The van der Waals surface area contributed by atoms with Gasteiger partial charge in [-0.2, -0.15) is 13.2 Å². The highest BCUT2D eigenvalue weighted by Crippen LogP contribution is 2.29. The lowest BCUT2D eigenvalue weighted by molar-refractivity contribution is -0.129. The number of hydrogen-bond acceptors (Lipinski definition) is 7. The SMILES string of the molecule is CCc1cc(-c2ccc(NS(=O)(=O)CCC(F)(F)F)c(F)c2)nc2cnc(N[C@H]3CC[C@H](N(C)C)CC3)nc12. The van der Waals surface area contributed by atoms with Crippen LogP contribution < -0.4 is 10.0 Å². The Hall–Kier alpha value is -3.06. The van der Waals surface area contributed by atoms with Crippen LogP contribution in [0.5, 0.6) is 0 Å². The lowest BCUT2D eigenvalue weighted by atomic mass is 9.91. The minimum atomic E-state index is -4.64. The molecular weight excluding hydrogens is 536 g/mol. The number of aryl methyl sites for hydroxylation is 1. The molecule has 0 bridgehead atoms. The maximum atomic E-state index is 14.8. The Morgan fingerprint density at radius 3 is 2.41 bits per heavy atom. The molecule has 0 spiro atoms. The standard InChI is InChI=1S/C26H32F4N6O2S/c1-4-16-14-22(17-5-10-21(20(27)13-17)35-39(37,38)12-11-26(28,29)30)33-23-15-31-25(34-24(16)23)32-18-6-8-19(9-7-18)36(2)3/h5,10,13-15,18-19,35H,4,6-9,11-12H2,1-3H3,(H,31,32,34)/t18-,19-. The van der Waals surface area contributed by atoms with E-state index in [1.54, 1.807) is 12.3 Å². The van der Waals surface area contributed by atoms with Gasteiger partial charge < -0.3 is 10.2 Å². The molecule has 3 aromatic rings. The van der Waals surface area contributed by atoms with Crippen molar-refractivity contribution < 1.29 is 26.0 Å². The summed E-state index contributed by atoms with van der Waals surface area (Å²) in [5, 5.41) is 3.44. The van der Waals surface area contributed by atoms with Gasteiger partial charge in [-0.05, 0) is 70.0 Å². The molecule has 8 nitrogen and oxygen atoms in total. The summed E-state index contributed by atoms with van der Waals surface area (Å²) >= 11 is 0. The quantitative estimate of drug-likeness (QED) is 0.335. The summed E-state index contributed by atoms with van der Waals surface area (Å²) < 4.78 is 77.8. The molecule has 2 heterocycles. The molecule has 0 saturated heterocycles. The number of pyridine rings is 1. The molecule has 0 radical (unpaired) electrons. The number of nitrogens with one attached hydrogen (secondary N) is 2. The predicted octanol–water partition coefficient (Wildman–Crippen LogP) is 5.37. The molecule has 0 atom stereocenters. The van der Waals surface area contributed by atoms with Gasteiger partial charge in [0.15, 0.2) is 0 Å². The van der Waals surface area contributed by atoms with Gasteiger partial charge in [0.05, 0.1) is 35.3 Å². The number of nitrogens with zero attached hydrogens (tertiary/aromatic N) is 4. The molecule has 212 valence electrons. The van der Waals surface area contributed by atoms with Gasteiger partial charge in [0.1, 0.15) is 11.3 Å². The topological polar surface area (TPSA) is 100 Å². The van der Waals surface area contributed by atoms with E-state index in [1.165, 1.54) is 12.1 Å². The van der Waals surface area contributed by atoms with Gasteiger partial charge in [0.25, 0.3) is 0 Å². The molecule has 0 amide bonds. The minimum absolute atomic E-state index is 0.295. The maximum absolute atomic E-state index is 14.8. The number of hydrogen-bond donors (Lipinski definition) is 2. The first-order valence-electron chi connectivity index (χ1n) is 12.8. The van der Waals surface area contributed by atoms with E-state index < -0.39 is 39.9 Å². The zero-order valence-corrected chi connectivity index (χ0v) is 22.8. The molecular formula is C26H32F4N6O2S. The van der Waals surface area contributed by atoms with Crippen molar-refractivity contribution in [3.63, 3.8) is 0 Å². The van der Waals surface area contributed by atoms with E-state index >= 15 is 0 Å². The van der Waals surface area contributed by atoms with Gasteiger partial charge in [-0.3, -0.25) is 4.72 Å². The molecule has 1 fully saturated rings. The van der Waals surface area contributed by atoms with Crippen molar-refractivity contribution in [1.29, 1.82) is 0 Å². The fourth-order valence-corrected chi connectivity index (χ4v) is 5.82. The first-order chi connectivity index (χ1) is 18.3. The Morgan fingerprint density at radius 2 is 1.79 bits per heavy atom. The smallest absolute Gasteiger partial charge is 0.351 e. The van der Waals surface area contributed by atoms with Crippen molar-refractivity contribution in [2.75, 3.05) is 29.9 Å². The normalized spacial score (nSPS) is 18.5. The number of anilines is 2. The Labute approximate surface area is 225 Å². The third-order valence-electron chi connectivity index (χ3n) is 6.95. The molecule has 1 aliphatic carbocycles. The third-order valence-corrected chi connectivity index (χ3v) is 8.22. The zero-order chi connectivity index (χ0) is 28.4. The van der Waals surface area contributed by atoms with Crippen LogP contribution in [0.3, 0.4) is 0 Å². The summed E-state index contributed by atoms with van der Waals surface area (Å²) in [5.74, 6) is -1.59. The van der Waals surface area contributed by atoms with Gasteiger partial charge in [-0.15, -0.1) is 0 Å². The van der Waals surface area contributed by atoms with Gasteiger partial charge >= 0.3 is 6.18 Å². The second kappa shape index (κ2) is 11.6. The van der Waals surface area contributed by atoms with Crippen molar-refractivity contribution >= 4 is 32.7 Å². The van der Waals surface area contributed by atoms with Crippen LogP contribution in [-0.4, -0.2) is 66.4 Å². The van der Waals surface area contributed by atoms with Crippen LogP contribution in [0.4, 0.5) is 29.2 Å². The molecule has 0 aliphatic heterocycles. The summed E-state index contributed by atoms with van der Waals surface area (Å²) in [6, 6.07) is 6.40. The number of fused-ring (bicyclic) bond motifs is 1. The lowest BCUT2D eigenvalue weighted by Crippen LogP contribution is -2.36. The van der Waals surface area contributed by atoms with E-state index in [9.17, 15) is 26.0 Å². The predicted molar refractivity (Wildman–Crippen MR) is 144 cm³/mol. The van der Waals surface area contributed by atoms with Crippen LogP contribution >= 0.6 is 0 Å². The summed E-state index contributed by atoms with van der Waals surface area (Å²) in [4.78, 5) is 16.0. The lowest BCUT2D eigenvalue weighted by Gasteiger charge is -2.32. The summed E-state index contributed by atoms with van der Waals surface area (Å²) in [7, 11) is -0.174. The van der Waals surface area contributed by atoms with Gasteiger partial charge in [0.2, 0.25) is 16.0 Å². The number of rotatable bonds is 9. The Bertz CT molecular complexity index is 1420. The number of benzene rings is 1. The molecule has 13 heteroatoms. The van der Waals surface area contributed by atoms with Crippen LogP contribution in [0.1, 0.15) is 44.6 Å². The largest absolute Gasteiger partial charge is 0.390 e. The van der Waals surface area contributed by atoms with Crippen LogP contribution in [-0.2, 0) is 16.4 Å². The molecule has 0 unspecified atom stereocenters. The Morgan fingerprint density at radius 1 is 1.08 bits per heavy atom. The number of alkyl halides is 3. The van der Waals surface area contributed by atoms with E-state index in [2.05, 4.69) is 34.3 Å². The molecule has 4 rings (SSSR count). The average Bonchev–Trinajstić information content (AvgIpc) is 2.88. The molecule has 1 saturated carbocycles. The monoisotopic (exact) mass is 568 g/mol. The fourth-order valence-electron chi connectivity index (χ4n) is 4.72. The maximum Gasteiger partial charge on any atom is 0.390 e. The van der Waals surface area contributed by atoms with Crippen LogP contribution in [0, 0.1) is 5.82 Å². The highest BCUT2D eigenvalue weighted by molar-refractivity contribution is 7.92. The van der Waals surface area contributed by atoms with E-state index in [4.69, 9.17) is 4.98 Å². The van der Waals surface area contributed by atoms with E-state index in [-0.39, 0.29) is 0 Å². The third kappa shape index (κ3) is 7.53. The van der Waals surface area contributed by atoms with Gasteiger partial charge in [-0.25, -0.2) is 27.8 Å². The molecule has 1 aromatic carbocycles. The molecule has 1 aliphatic rings. The van der Waals surface area contributed by atoms with Crippen molar-refractivity contribution in [2.45, 2.75) is 63.7 Å². The van der Waals surface area contributed by atoms with Crippen LogP contribution in [0.2, 0.25) is 0 Å². The highest BCUT2D eigenvalue weighted by Gasteiger charge is 2.30. The second-order valence-corrected chi connectivity index (χ2v) is 11.9. The van der Waals surface area contributed by atoms with Crippen molar-refractivity contribution in [3.8, 4) is 11.3 Å². The van der Waals surface area contributed by atoms with E-state index in [0.29, 0.717) is 46.7 Å². The fraction of sp³-hybridized carbons (Fsp3) is 0.500. The first kappa shape index (κ1) is 28.9. The molecule has 39 heavy (non-hydrogen) atoms. The molecule has 2 N–H and O–H groups in total. The summed E-state index contributed by atoms with van der Waals surface area (Å²) in [5.41, 5.74) is 2.49.